The minimum Gasteiger partial charge on any atom is -0.563 e. The smallest absolute Gasteiger partial charge is 0.563 e. The number of rotatable bonds is 2. The van der Waals surface area contributed by atoms with E-state index in [2.05, 4.69) is 4.31 Å². The fraction of sp³-hybridized carbons (Fsp3) is 0. The zero-order valence-electron chi connectivity index (χ0n) is 3.64. The molecule has 8 heteroatoms. The van der Waals surface area contributed by atoms with Gasteiger partial charge in [-0.3, -0.25) is 0 Å². The molecule has 0 heterocycles. The summed E-state index contributed by atoms with van der Waals surface area (Å²) in [5, 5.41) is 0. The Morgan fingerprint density at radius 2 is 1.38 bits per heavy atom. The molecule has 40 valence electrons. The molecule has 0 radical (unpaired) electrons. The second-order valence-electron chi connectivity index (χ2n) is 0.529. The molecule has 0 saturated heterocycles. The van der Waals surface area contributed by atoms with Gasteiger partial charge in [-0.05, 0) is 9.13 Å². The molecule has 0 fully saturated rings. The second-order valence-corrected chi connectivity index (χ2v) is 2.08. The van der Waals surface area contributed by atoms with Gasteiger partial charge in [-0.1, -0.05) is 0 Å². The van der Waals surface area contributed by atoms with Crippen LogP contribution in [0.2, 0.25) is 0 Å². The third-order valence-electron chi connectivity index (χ3n) is 0.133. The van der Waals surface area contributed by atoms with Crippen molar-refractivity contribution in [3.05, 3.63) is 0 Å². The third kappa shape index (κ3) is 9.96. The normalized spacial score (nSPS) is 11.8. The van der Waals surface area contributed by atoms with Gasteiger partial charge in [-0.25, -0.2) is 0 Å². The third-order valence-corrected chi connectivity index (χ3v) is 1.20. The predicted octanol–water partition coefficient (Wildman–Crippen LogP) is -1.34. The van der Waals surface area contributed by atoms with Gasteiger partial charge in [-0.2, -0.15) is 0 Å². The van der Waals surface area contributed by atoms with Crippen molar-refractivity contribution in [3.8, 4) is 0 Å². The van der Waals surface area contributed by atoms with Gasteiger partial charge < -0.3 is 9.79 Å². The molecule has 0 aliphatic carbocycles. The molecule has 0 spiro atoms. The van der Waals surface area contributed by atoms with Crippen LogP contribution < -0.4 is 9.79 Å². The van der Waals surface area contributed by atoms with Gasteiger partial charge in [0.2, 0.25) is 0 Å². The summed E-state index contributed by atoms with van der Waals surface area (Å²) in [5.41, 5.74) is 0. The summed E-state index contributed by atoms with van der Waals surface area (Å²) < 4.78 is 21.6. The molecular weight excluding hydrogens is 166 g/mol. The van der Waals surface area contributed by atoms with E-state index >= 15 is 0 Å². The summed E-state index contributed by atoms with van der Waals surface area (Å²) in [5.74, 6) is 0. The summed E-state index contributed by atoms with van der Waals surface area (Å²) in [6.07, 6.45) is 0. The van der Waals surface area contributed by atoms with Crippen LogP contribution in [0, 0.1) is 0 Å². The van der Waals surface area contributed by atoms with Crippen molar-refractivity contribution in [1.29, 1.82) is 0 Å². The topological polar surface area (TPSA) is 89.5 Å². The fourth-order valence-electron chi connectivity index (χ4n) is 0.0544. The molecule has 0 saturated carbocycles. The van der Waals surface area contributed by atoms with Crippen LogP contribution in [0.1, 0.15) is 0 Å². The maximum Gasteiger partial charge on any atom is 2.00 e. The van der Waals surface area contributed by atoms with E-state index < -0.39 is 16.5 Å². The first-order valence-electron chi connectivity index (χ1n) is 1.10. The molecule has 8 heavy (non-hydrogen) atoms. The minimum absolute atomic E-state index is 0. The molecule has 0 N–H and O–H groups in total. The SMILES string of the molecule is O=[P+]([O-])O[P+](=O)[O-].[Mg+2]. The van der Waals surface area contributed by atoms with Crippen LogP contribution in [-0.2, 0) is 13.4 Å². The quantitative estimate of drug-likeness (QED) is 0.374. The van der Waals surface area contributed by atoms with Crippen LogP contribution in [0.3, 0.4) is 0 Å². The van der Waals surface area contributed by atoms with Gasteiger partial charge in [0.15, 0.2) is 0 Å². The van der Waals surface area contributed by atoms with Crippen LogP contribution in [0.25, 0.3) is 0 Å². The Hall–Kier alpha value is 0.846. The largest absolute Gasteiger partial charge is 2.00 e. The summed E-state index contributed by atoms with van der Waals surface area (Å²) in [6.45, 7) is 0. The van der Waals surface area contributed by atoms with Crippen molar-refractivity contribution in [2.24, 2.45) is 0 Å². The zero-order chi connectivity index (χ0) is 5.86. The molecule has 0 amide bonds. The standard InChI is InChI=1S/Mg.O5P2/c;1-6(2)5-7(3)4/q+2;. The summed E-state index contributed by atoms with van der Waals surface area (Å²) >= 11 is 0. The van der Waals surface area contributed by atoms with Crippen LogP contribution in [0.15, 0.2) is 0 Å². The Balaban J connectivity index is 0. The number of hydrogen-bond acceptors (Lipinski definition) is 5. The van der Waals surface area contributed by atoms with Gasteiger partial charge in [0.05, 0.1) is 0 Å². The molecule has 0 aliphatic heterocycles. The van der Waals surface area contributed by atoms with Gasteiger partial charge in [0, 0.05) is 0 Å². The van der Waals surface area contributed by atoms with Gasteiger partial charge in [0.1, 0.15) is 4.31 Å². The van der Waals surface area contributed by atoms with Gasteiger partial charge in [0.25, 0.3) is 0 Å². The Morgan fingerprint density at radius 1 is 1.12 bits per heavy atom. The van der Waals surface area contributed by atoms with Crippen molar-refractivity contribution in [1.82, 2.24) is 0 Å². The average Bonchev–Trinajstić information content (AvgIpc) is 1.27. The van der Waals surface area contributed by atoms with E-state index in [1.807, 2.05) is 0 Å². The molecule has 5 nitrogen and oxygen atoms in total. The summed E-state index contributed by atoms with van der Waals surface area (Å²) in [7, 11) is -6.47. The van der Waals surface area contributed by atoms with Gasteiger partial charge >= 0.3 is 39.6 Å². The fourth-order valence-corrected chi connectivity index (χ4v) is 0.490. The van der Waals surface area contributed by atoms with E-state index in [9.17, 15) is 18.9 Å². The van der Waals surface area contributed by atoms with Crippen molar-refractivity contribution in [2.75, 3.05) is 0 Å². The molecule has 0 aromatic carbocycles. The van der Waals surface area contributed by atoms with Crippen LogP contribution in [0.5, 0.6) is 0 Å². The number of hydrogen-bond donors (Lipinski definition) is 0. The average molecular weight is 166 g/mol. The van der Waals surface area contributed by atoms with E-state index in [0.717, 1.165) is 0 Å². The van der Waals surface area contributed by atoms with Crippen LogP contribution >= 0.6 is 16.5 Å². The van der Waals surface area contributed by atoms with Crippen molar-refractivity contribution >= 4 is 39.6 Å². The Labute approximate surface area is 63.1 Å². The van der Waals surface area contributed by atoms with E-state index in [1.165, 1.54) is 0 Å². The molecule has 0 rings (SSSR count). The Bertz CT molecular complexity index is 86.6. The van der Waals surface area contributed by atoms with Crippen molar-refractivity contribution in [3.63, 3.8) is 0 Å². The first-order chi connectivity index (χ1) is 3.13. The first-order valence-corrected chi connectivity index (χ1v) is 3.29. The predicted molar refractivity (Wildman–Crippen MR) is 22.1 cm³/mol. The maximum atomic E-state index is 9.24. The zero-order valence-corrected chi connectivity index (χ0v) is 6.85. The molecule has 0 aliphatic rings. The Morgan fingerprint density at radius 3 is 1.38 bits per heavy atom. The summed E-state index contributed by atoms with van der Waals surface area (Å²) in [4.78, 5) is 18.5. The molecular formula is MgO5P2+2. The minimum atomic E-state index is -3.24. The molecule has 2 unspecified atom stereocenters. The van der Waals surface area contributed by atoms with E-state index in [-0.39, 0.29) is 23.1 Å². The summed E-state index contributed by atoms with van der Waals surface area (Å²) in [6, 6.07) is 0. The van der Waals surface area contributed by atoms with Crippen LogP contribution in [-0.4, -0.2) is 23.1 Å². The molecule has 0 aromatic rings. The second kappa shape index (κ2) is 5.97. The van der Waals surface area contributed by atoms with E-state index in [4.69, 9.17) is 0 Å². The van der Waals surface area contributed by atoms with E-state index in [1.54, 1.807) is 0 Å². The maximum absolute atomic E-state index is 9.24. The monoisotopic (exact) mass is 166 g/mol. The molecule has 0 bridgehead atoms. The molecule has 2 atom stereocenters. The van der Waals surface area contributed by atoms with Crippen LogP contribution in [0.4, 0.5) is 0 Å². The Kier molecular flexibility index (Phi) is 8.68. The van der Waals surface area contributed by atoms with Crippen molar-refractivity contribution in [2.45, 2.75) is 0 Å². The van der Waals surface area contributed by atoms with E-state index in [0.29, 0.717) is 0 Å². The van der Waals surface area contributed by atoms with Gasteiger partial charge in [-0.15, -0.1) is 0 Å². The molecule has 0 aromatic heterocycles. The van der Waals surface area contributed by atoms with Crippen molar-refractivity contribution < 1.29 is 23.2 Å². The first kappa shape index (κ1) is 11.6.